The number of ether oxygens (including phenoxy) is 1. The minimum atomic E-state index is 0.0517. The summed E-state index contributed by atoms with van der Waals surface area (Å²) in [5.41, 5.74) is 2.56. The molecule has 1 saturated heterocycles. The summed E-state index contributed by atoms with van der Waals surface area (Å²) in [5, 5.41) is 0. The molecule has 4 nitrogen and oxygen atoms in total. The van der Waals surface area contributed by atoms with E-state index in [-0.39, 0.29) is 12.5 Å². The van der Waals surface area contributed by atoms with Crippen LogP contribution in [0.1, 0.15) is 18.1 Å². The smallest absolute Gasteiger partial charge is 0.260 e. The standard InChI is InChI=1S/C21H25BrN2O2/c1-2-17-8-9-20(19(22)14-17)26-16-21(25)24-12-10-23(11-13-24)15-18-6-4-3-5-7-18/h3-9,14H,2,10-13,15-16H2,1H3. The van der Waals surface area contributed by atoms with Gasteiger partial charge in [0.1, 0.15) is 5.75 Å². The molecule has 1 aliphatic heterocycles. The number of rotatable bonds is 6. The molecule has 0 radical (unpaired) electrons. The predicted octanol–water partition coefficient (Wildman–Crippen LogP) is 3.73. The highest BCUT2D eigenvalue weighted by Gasteiger charge is 2.21. The van der Waals surface area contributed by atoms with Crippen molar-refractivity contribution in [1.82, 2.24) is 9.80 Å². The van der Waals surface area contributed by atoms with Crippen LogP contribution >= 0.6 is 15.9 Å². The van der Waals surface area contributed by atoms with E-state index in [0.717, 1.165) is 49.4 Å². The lowest BCUT2D eigenvalue weighted by Gasteiger charge is -2.34. The molecule has 2 aromatic rings. The number of carbonyl (C=O) groups is 1. The first-order valence-corrected chi connectivity index (χ1v) is 9.90. The Hall–Kier alpha value is -1.85. The molecule has 0 aromatic heterocycles. The number of halogens is 1. The number of hydrogen-bond acceptors (Lipinski definition) is 3. The molecular formula is C21H25BrN2O2. The van der Waals surface area contributed by atoms with E-state index in [4.69, 9.17) is 4.74 Å². The van der Waals surface area contributed by atoms with Crippen LogP contribution in [-0.4, -0.2) is 48.5 Å². The van der Waals surface area contributed by atoms with Crippen molar-refractivity contribution in [3.8, 4) is 5.75 Å². The Kier molecular flexibility index (Phi) is 6.69. The number of aryl methyl sites for hydroxylation is 1. The monoisotopic (exact) mass is 416 g/mol. The van der Waals surface area contributed by atoms with Gasteiger partial charge in [-0.2, -0.15) is 0 Å². The number of carbonyl (C=O) groups excluding carboxylic acids is 1. The normalized spacial score (nSPS) is 15.1. The van der Waals surface area contributed by atoms with E-state index >= 15 is 0 Å². The molecule has 26 heavy (non-hydrogen) atoms. The zero-order valence-corrected chi connectivity index (χ0v) is 16.7. The molecule has 0 unspecified atom stereocenters. The van der Waals surface area contributed by atoms with Crippen LogP contribution in [0.5, 0.6) is 5.75 Å². The third-order valence-corrected chi connectivity index (χ3v) is 5.35. The van der Waals surface area contributed by atoms with Gasteiger partial charge in [0.25, 0.3) is 5.91 Å². The summed E-state index contributed by atoms with van der Waals surface area (Å²) in [6, 6.07) is 16.5. The summed E-state index contributed by atoms with van der Waals surface area (Å²) < 4.78 is 6.62. The molecule has 1 fully saturated rings. The van der Waals surface area contributed by atoms with Crippen LogP contribution < -0.4 is 4.74 Å². The fourth-order valence-corrected chi connectivity index (χ4v) is 3.65. The molecule has 1 heterocycles. The average molecular weight is 417 g/mol. The maximum atomic E-state index is 12.4. The van der Waals surface area contributed by atoms with Gasteiger partial charge in [-0.15, -0.1) is 0 Å². The molecule has 1 aliphatic rings. The summed E-state index contributed by atoms with van der Waals surface area (Å²) in [6.07, 6.45) is 0.977. The first-order chi connectivity index (χ1) is 12.7. The Morgan fingerprint density at radius 1 is 1.04 bits per heavy atom. The van der Waals surface area contributed by atoms with Crippen LogP contribution in [-0.2, 0) is 17.8 Å². The minimum Gasteiger partial charge on any atom is -0.483 e. The van der Waals surface area contributed by atoms with E-state index in [9.17, 15) is 4.79 Å². The average Bonchev–Trinajstić information content (AvgIpc) is 2.68. The van der Waals surface area contributed by atoms with Gasteiger partial charge in [-0.05, 0) is 45.6 Å². The molecule has 5 heteroatoms. The van der Waals surface area contributed by atoms with Gasteiger partial charge in [-0.1, -0.05) is 43.3 Å². The van der Waals surface area contributed by atoms with Gasteiger partial charge in [0.05, 0.1) is 4.47 Å². The maximum absolute atomic E-state index is 12.4. The van der Waals surface area contributed by atoms with Crippen LogP contribution in [0.25, 0.3) is 0 Å². The SMILES string of the molecule is CCc1ccc(OCC(=O)N2CCN(Cc3ccccc3)CC2)c(Br)c1. The lowest BCUT2D eigenvalue weighted by atomic mass is 10.2. The zero-order valence-electron chi connectivity index (χ0n) is 15.2. The van der Waals surface area contributed by atoms with Gasteiger partial charge in [0, 0.05) is 32.7 Å². The van der Waals surface area contributed by atoms with Crippen molar-refractivity contribution in [1.29, 1.82) is 0 Å². The van der Waals surface area contributed by atoms with Gasteiger partial charge >= 0.3 is 0 Å². The Labute approximate surface area is 163 Å². The van der Waals surface area contributed by atoms with Gasteiger partial charge in [-0.3, -0.25) is 9.69 Å². The van der Waals surface area contributed by atoms with E-state index in [1.807, 2.05) is 29.2 Å². The lowest BCUT2D eigenvalue weighted by Crippen LogP contribution is -2.49. The molecule has 3 rings (SSSR count). The summed E-state index contributed by atoms with van der Waals surface area (Å²) in [4.78, 5) is 16.7. The first-order valence-electron chi connectivity index (χ1n) is 9.11. The highest BCUT2D eigenvalue weighted by atomic mass is 79.9. The van der Waals surface area contributed by atoms with Crippen molar-refractivity contribution in [2.24, 2.45) is 0 Å². The molecule has 2 aromatic carbocycles. The summed E-state index contributed by atoms with van der Waals surface area (Å²) in [5.74, 6) is 0.772. The number of hydrogen-bond donors (Lipinski definition) is 0. The van der Waals surface area contributed by atoms with Crippen molar-refractivity contribution in [3.63, 3.8) is 0 Å². The molecule has 0 bridgehead atoms. The number of amides is 1. The van der Waals surface area contributed by atoms with Crippen LogP contribution in [0.3, 0.4) is 0 Å². The second-order valence-corrected chi connectivity index (χ2v) is 7.40. The fraction of sp³-hybridized carbons (Fsp3) is 0.381. The van der Waals surface area contributed by atoms with Crippen molar-refractivity contribution in [3.05, 3.63) is 64.1 Å². The largest absolute Gasteiger partial charge is 0.483 e. The van der Waals surface area contributed by atoms with E-state index in [1.54, 1.807) is 0 Å². The number of benzene rings is 2. The fourth-order valence-electron chi connectivity index (χ4n) is 3.11. The van der Waals surface area contributed by atoms with Crippen molar-refractivity contribution in [2.75, 3.05) is 32.8 Å². The predicted molar refractivity (Wildman–Crippen MR) is 107 cm³/mol. The molecular weight excluding hydrogens is 392 g/mol. The minimum absolute atomic E-state index is 0.0517. The quantitative estimate of drug-likeness (QED) is 0.718. The lowest BCUT2D eigenvalue weighted by molar-refractivity contribution is -0.135. The van der Waals surface area contributed by atoms with Gasteiger partial charge < -0.3 is 9.64 Å². The molecule has 0 aliphatic carbocycles. The van der Waals surface area contributed by atoms with Gasteiger partial charge in [0.15, 0.2) is 6.61 Å². The van der Waals surface area contributed by atoms with Crippen LogP contribution in [0.15, 0.2) is 53.0 Å². The van der Waals surface area contributed by atoms with Crippen molar-refractivity contribution in [2.45, 2.75) is 19.9 Å². The second-order valence-electron chi connectivity index (χ2n) is 6.55. The Morgan fingerprint density at radius 2 is 1.77 bits per heavy atom. The van der Waals surface area contributed by atoms with Crippen LogP contribution in [0.2, 0.25) is 0 Å². The maximum Gasteiger partial charge on any atom is 0.260 e. The van der Waals surface area contributed by atoms with E-state index in [0.29, 0.717) is 0 Å². The van der Waals surface area contributed by atoms with E-state index in [1.165, 1.54) is 11.1 Å². The van der Waals surface area contributed by atoms with E-state index in [2.05, 4.69) is 52.0 Å². The third-order valence-electron chi connectivity index (χ3n) is 4.73. The first kappa shape index (κ1) is 18.9. The second kappa shape index (κ2) is 9.19. The Morgan fingerprint density at radius 3 is 2.42 bits per heavy atom. The third kappa shape index (κ3) is 5.08. The van der Waals surface area contributed by atoms with Gasteiger partial charge in [-0.25, -0.2) is 0 Å². The number of piperazine rings is 1. The summed E-state index contributed by atoms with van der Waals surface area (Å²) in [7, 11) is 0. The Balaban J connectivity index is 1.45. The molecule has 0 atom stereocenters. The summed E-state index contributed by atoms with van der Waals surface area (Å²) >= 11 is 3.52. The highest BCUT2D eigenvalue weighted by Crippen LogP contribution is 2.26. The number of nitrogens with zero attached hydrogens (tertiary/aromatic N) is 2. The van der Waals surface area contributed by atoms with Crippen molar-refractivity contribution < 1.29 is 9.53 Å². The highest BCUT2D eigenvalue weighted by molar-refractivity contribution is 9.10. The van der Waals surface area contributed by atoms with Crippen LogP contribution in [0.4, 0.5) is 0 Å². The van der Waals surface area contributed by atoms with Gasteiger partial charge in [0.2, 0.25) is 0 Å². The topological polar surface area (TPSA) is 32.8 Å². The molecule has 0 saturated carbocycles. The molecule has 0 N–H and O–H groups in total. The summed E-state index contributed by atoms with van der Waals surface area (Å²) in [6.45, 7) is 6.45. The van der Waals surface area contributed by atoms with Crippen molar-refractivity contribution >= 4 is 21.8 Å². The Bertz CT molecular complexity index is 728. The van der Waals surface area contributed by atoms with E-state index < -0.39 is 0 Å². The molecule has 1 amide bonds. The molecule has 0 spiro atoms. The molecule has 138 valence electrons. The zero-order chi connectivity index (χ0) is 18.4. The van der Waals surface area contributed by atoms with Crippen LogP contribution in [0, 0.1) is 0 Å².